The summed E-state index contributed by atoms with van der Waals surface area (Å²) in [5.74, 6) is 5.43. The van der Waals surface area contributed by atoms with Crippen LogP contribution in [0.2, 0.25) is 0 Å². The van der Waals surface area contributed by atoms with Gasteiger partial charge in [-0.1, -0.05) is 6.92 Å². The normalized spacial score (nSPS) is 14.9. The van der Waals surface area contributed by atoms with Crippen molar-refractivity contribution in [3.8, 4) is 11.8 Å². The van der Waals surface area contributed by atoms with Crippen LogP contribution in [0.5, 0.6) is 0 Å². The van der Waals surface area contributed by atoms with Crippen LogP contribution in [-0.4, -0.2) is 34.1 Å². The molecule has 11 heavy (non-hydrogen) atoms. The summed E-state index contributed by atoms with van der Waals surface area (Å²) in [5, 5.41) is 26.3. The van der Waals surface area contributed by atoms with Crippen LogP contribution in [-0.2, 0) is 0 Å². The lowest BCUT2D eigenvalue weighted by atomic mass is 10.1. The number of aliphatic hydroxyl groups excluding tert-OH is 3. The van der Waals surface area contributed by atoms with Gasteiger partial charge in [0.2, 0.25) is 0 Å². The Balaban J connectivity index is 3.59. The van der Waals surface area contributed by atoms with Crippen LogP contribution in [0.25, 0.3) is 0 Å². The van der Waals surface area contributed by atoms with E-state index >= 15 is 0 Å². The zero-order chi connectivity index (χ0) is 8.69. The minimum absolute atomic E-state index is 0.218. The SMILES string of the molecule is CCC#CC[C@H](O)[C@H](O)CO. The second-order valence-electron chi connectivity index (χ2n) is 2.23. The number of rotatable bonds is 3. The molecule has 0 aromatic heterocycles. The fourth-order valence-electron chi connectivity index (χ4n) is 0.559. The first-order valence-corrected chi connectivity index (χ1v) is 3.65. The van der Waals surface area contributed by atoms with Gasteiger partial charge in [-0.25, -0.2) is 0 Å². The fourth-order valence-corrected chi connectivity index (χ4v) is 0.559. The van der Waals surface area contributed by atoms with Crippen LogP contribution in [0.4, 0.5) is 0 Å². The molecule has 0 spiro atoms. The summed E-state index contributed by atoms with van der Waals surface area (Å²) in [7, 11) is 0. The minimum atomic E-state index is -1.07. The molecule has 0 saturated carbocycles. The van der Waals surface area contributed by atoms with Crippen molar-refractivity contribution in [2.24, 2.45) is 0 Å². The lowest BCUT2D eigenvalue weighted by Crippen LogP contribution is -2.28. The Bertz CT molecular complexity index is 145. The highest BCUT2D eigenvalue weighted by Crippen LogP contribution is 1.96. The third-order valence-electron chi connectivity index (χ3n) is 1.24. The molecule has 0 aliphatic heterocycles. The monoisotopic (exact) mass is 158 g/mol. The van der Waals surface area contributed by atoms with Crippen molar-refractivity contribution in [2.45, 2.75) is 32.0 Å². The van der Waals surface area contributed by atoms with Gasteiger partial charge in [0.25, 0.3) is 0 Å². The maximum atomic E-state index is 9.03. The molecule has 0 aliphatic rings. The van der Waals surface area contributed by atoms with Gasteiger partial charge in [-0.2, -0.15) is 0 Å². The molecule has 0 bridgehead atoms. The topological polar surface area (TPSA) is 60.7 Å². The molecule has 64 valence electrons. The van der Waals surface area contributed by atoms with E-state index in [2.05, 4.69) is 11.8 Å². The molecule has 0 amide bonds. The first-order valence-electron chi connectivity index (χ1n) is 3.65. The van der Waals surface area contributed by atoms with Crippen LogP contribution < -0.4 is 0 Å². The molecule has 0 rings (SSSR count). The van der Waals surface area contributed by atoms with Gasteiger partial charge in [0.15, 0.2) is 0 Å². The van der Waals surface area contributed by atoms with E-state index in [1.807, 2.05) is 6.92 Å². The van der Waals surface area contributed by atoms with Crippen molar-refractivity contribution in [3.05, 3.63) is 0 Å². The highest BCUT2D eigenvalue weighted by Gasteiger charge is 2.12. The number of hydrogen-bond donors (Lipinski definition) is 3. The number of aliphatic hydroxyl groups is 3. The molecular formula is C8H14O3. The highest BCUT2D eigenvalue weighted by atomic mass is 16.4. The van der Waals surface area contributed by atoms with Gasteiger partial charge in [-0.3, -0.25) is 0 Å². The molecule has 0 aliphatic carbocycles. The molecular weight excluding hydrogens is 144 g/mol. The van der Waals surface area contributed by atoms with E-state index in [1.165, 1.54) is 0 Å². The van der Waals surface area contributed by atoms with Crippen molar-refractivity contribution in [1.82, 2.24) is 0 Å². The summed E-state index contributed by atoms with van der Waals surface area (Å²) < 4.78 is 0. The van der Waals surface area contributed by atoms with Crippen LogP contribution in [0, 0.1) is 11.8 Å². The number of hydrogen-bond acceptors (Lipinski definition) is 3. The van der Waals surface area contributed by atoms with Crippen molar-refractivity contribution < 1.29 is 15.3 Å². The van der Waals surface area contributed by atoms with Gasteiger partial charge >= 0.3 is 0 Å². The van der Waals surface area contributed by atoms with E-state index in [-0.39, 0.29) is 6.42 Å². The maximum absolute atomic E-state index is 9.03. The smallest absolute Gasteiger partial charge is 0.104 e. The first-order chi connectivity index (χ1) is 5.22. The molecule has 3 heteroatoms. The Kier molecular flexibility index (Phi) is 5.86. The van der Waals surface area contributed by atoms with Crippen molar-refractivity contribution in [2.75, 3.05) is 6.61 Å². The third-order valence-corrected chi connectivity index (χ3v) is 1.24. The summed E-state index contributed by atoms with van der Waals surface area (Å²) in [5.41, 5.74) is 0. The van der Waals surface area contributed by atoms with Crippen LogP contribution in [0.3, 0.4) is 0 Å². The molecule has 0 unspecified atom stereocenters. The van der Waals surface area contributed by atoms with Crippen molar-refractivity contribution >= 4 is 0 Å². The largest absolute Gasteiger partial charge is 0.394 e. The van der Waals surface area contributed by atoms with Gasteiger partial charge in [0.05, 0.1) is 12.7 Å². The maximum Gasteiger partial charge on any atom is 0.104 e. The van der Waals surface area contributed by atoms with Gasteiger partial charge in [-0.15, -0.1) is 11.8 Å². The van der Waals surface area contributed by atoms with Gasteiger partial charge in [0.1, 0.15) is 6.10 Å². The standard InChI is InChI=1S/C8H14O3/c1-2-3-4-5-7(10)8(11)6-9/h7-11H,2,5-6H2,1H3/t7-,8+/m0/s1. The lowest BCUT2D eigenvalue weighted by Gasteiger charge is -2.11. The highest BCUT2D eigenvalue weighted by molar-refractivity contribution is 5.00. The second-order valence-corrected chi connectivity index (χ2v) is 2.23. The zero-order valence-electron chi connectivity index (χ0n) is 6.62. The molecule has 0 saturated heterocycles. The molecule has 3 N–H and O–H groups in total. The van der Waals surface area contributed by atoms with Crippen LogP contribution in [0.15, 0.2) is 0 Å². The van der Waals surface area contributed by atoms with Gasteiger partial charge in [-0.05, 0) is 0 Å². The zero-order valence-corrected chi connectivity index (χ0v) is 6.62. The van der Waals surface area contributed by atoms with E-state index in [0.717, 1.165) is 6.42 Å². The molecule has 0 heterocycles. The molecule has 0 fully saturated rings. The fraction of sp³-hybridized carbons (Fsp3) is 0.750. The van der Waals surface area contributed by atoms with E-state index in [1.54, 1.807) is 0 Å². The summed E-state index contributed by atoms with van der Waals surface area (Å²) >= 11 is 0. The predicted molar refractivity (Wildman–Crippen MR) is 41.8 cm³/mol. The molecule has 2 atom stereocenters. The predicted octanol–water partition coefficient (Wildman–Crippen LogP) is -0.496. The van der Waals surface area contributed by atoms with Gasteiger partial charge < -0.3 is 15.3 Å². The molecule has 0 aromatic rings. The van der Waals surface area contributed by atoms with Crippen LogP contribution in [0.1, 0.15) is 19.8 Å². The Labute approximate surface area is 66.7 Å². The van der Waals surface area contributed by atoms with E-state index in [0.29, 0.717) is 0 Å². The average molecular weight is 158 g/mol. The molecule has 0 aromatic carbocycles. The van der Waals surface area contributed by atoms with Crippen molar-refractivity contribution in [3.63, 3.8) is 0 Å². The molecule has 0 radical (unpaired) electrons. The Morgan fingerprint density at radius 3 is 2.27 bits per heavy atom. The van der Waals surface area contributed by atoms with E-state index in [4.69, 9.17) is 15.3 Å². The average Bonchev–Trinajstić information content (AvgIpc) is 2.03. The second kappa shape index (κ2) is 6.17. The summed E-state index contributed by atoms with van der Waals surface area (Å²) in [6.07, 6.45) is -1.04. The summed E-state index contributed by atoms with van der Waals surface area (Å²) in [6.45, 7) is 1.48. The molecule has 3 nitrogen and oxygen atoms in total. The summed E-state index contributed by atoms with van der Waals surface area (Å²) in [4.78, 5) is 0. The lowest BCUT2D eigenvalue weighted by molar-refractivity contribution is -0.0110. The van der Waals surface area contributed by atoms with E-state index < -0.39 is 18.8 Å². The Morgan fingerprint density at radius 2 is 1.82 bits per heavy atom. The Morgan fingerprint density at radius 1 is 1.18 bits per heavy atom. The van der Waals surface area contributed by atoms with Crippen molar-refractivity contribution in [1.29, 1.82) is 0 Å². The summed E-state index contributed by atoms with van der Waals surface area (Å²) in [6, 6.07) is 0. The first kappa shape index (κ1) is 10.4. The Hall–Kier alpha value is -0.560. The van der Waals surface area contributed by atoms with Gasteiger partial charge in [0, 0.05) is 12.8 Å². The van der Waals surface area contributed by atoms with E-state index in [9.17, 15) is 0 Å². The van der Waals surface area contributed by atoms with Crippen LogP contribution >= 0.6 is 0 Å². The minimum Gasteiger partial charge on any atom is -0.394 e. The quantitative estimate of drug-likeness (QED) is 0.485. The third kappa shape index (κ3) is 4.79.